The molecule has 2 aliphatic rings. The second kappa shape index (κ2) is 8.87. The highest BCUT2D eigenvalue weighted by Crippen LogP contribution is 2.42. The van der Waals surface area contributed by atoms with E-state index in [9.17, 15) is 23.3 Å². The third-order valence-corrected chi connectivity index (χ3v) is 8.32. The average molecular weight is 460 g/mol. The van der Waals surface area contributed by atoms with Crippen LogP contribution in [0.15, 0.2) is 53.4 Å². The lowest BCUT2D eigenvalue weighted by molar-refractivity contribution is -0.384. The second-order valence-electron chi connectivity index (χ2n) is 8.27. The van der Waals surface area contributed by atoms with Gasteiger partial charge in [0, 0.05) is 24.6 Å². The molecular weight excluding hydrogens is 434 g/mol. The van der Waals surface area contributed by atoms with Gasteiger partial charge >= 0.3 is 6.09 Å². The van der Waals surface area contributed by atoms with Crippen LogP contribution in [-0.2, 0) is 14.8 Å². The van der Waals surface area contributed by atoms with Crippen LogP contribution in [-0.4, -0.2) is 36.5 Å². The average Bonchev–Trinajstić information content (AvgIpc) is 2.79. The highest BCUT2D eigenvalue weighted by Gasteiger charge is 2.46. The van der Waals surface area contributed by atoms with Crippen molar-refractivity contribution in [3.63, 3.8) is 0 Å². The molecule has 2 N–H and O–H groups in total. The predicted molar refractivity (Wildman–Crippen MR) is 117 cm³/mol. The maximum Gasteiger partial charge on any atom is 0.406 e. The molecule has 170 valence electrons. The van der Waals surface area contributed by atoms with Crippen molar-refractivity contribution < 1.29 is 22.9 Å². The molecule has 3 atom stereocenters. The van der Waals surface area contributed by atoms with Crippen molar-refractivity contribution in [2.24, 2.45) is 17.6 Å². The first-order chi connectivity index (χ1) is 15.3. The van der Waals surface area contributed by atoms with Gasteiger partial charge in [0.15, 0.2) is 6.23 Å². The lowest BCUT2D eigenvalue weighted by Gasteiger charge is -2.45. The van der Waals surface area contributed by atoms with Crippen LogP contribution < -0.4 is 5.73 Å². The summed E-state index contributed by atoms with van der Waals surface area (Å²) in [6.45, 7) is 0.269. The van der Waals surface area contributed by atoms with Gasteiger partial charge in [-0.25, -0.2) is 13.2 Å². The summed E-state index contributed by atoms with van der Waals surface area (Å²) in [5.74, 6) is 0.267. The van der Waals surface area contributed by atoms with Gasteiger partial charge in [-0.2, -0.15) is 4.31 Å². The Morgan fingerprint density at radius 3 is 2.19 bits per heavy atom. The van der Waals surface area contributed by atoms with Gasteiger partial charge in [-0.1, -0.05) is 25.0 Å². The molecule has 0 bridgehead atoms. The molecule has 0 radical (unpaired) electrons. The van der Waals surface area contributed by atoms with Gasteiger partial charge in [-0.15, -0.1) is 0 Å². The Morgan fingerprint density at radius 1 is 1.00 bits per heavy atom. The van der Waals surface area contributed by atoms with E-state index in [1.54, 1.807) is 24.3 Å². The molecule has 9 nitrogen and oxygen atoms in total. The summed E-state index contributed by atoms with van der Waals surface area (Å²) in [6, 6.07) is 12.4. The fourth-order valence-electron chi connectivity index (χ4n) is 4.86. The molecule has 1 heterocycles. The number of piperidine rings is 1. The first-order valence-electron chi connectivity index (χ1n) is 10.6. The Labute approximate surface area is 186 Å². The number of nitrogens with zero attached hydrogens (tertiary/aromatic N) is 2. The molecule has 32 heavy (non-hydrogen) atoms. The zero-order chi connectivity index (χ0) is 22.9. The Kier molecular flexibility index (Phi) is 6.16. The summed E-state index contributed by atoms with van der Waals surface area (Å²) < 4.78 is 33.5. The van der Waals surface area contributed by atoms with E-state index in [2.05, 4.69) is 0 Å². The number of benzene rings is 2. The fraction of sp³-hybridized carbons (Fsp3) is 0.409. The summed E-state index contributed by atoms with van der Waals surface area (Å²) in [4.78, 5) is 22.0. The van der Waals surface area contributed by atoms with E-state index in [-0.39, 0.29) is 23.0 Å². The van der Waals surface area contributed by atoms with Crippen molar-refractivity contribution in [2.75, 3.05) is 6.54 Å². The number of primary amides is 1. The number of amides is 1. The number of carbonyl (C=O) groups is 1. The van der Waals surface area contributed by atoms with Crippen molar-refractivity contribution in [3.05, 3.63) is 58.6 Å². The van der Waals surface area contributed by atoms with Gasteiger partial charge in [-0.05, 0) is 60.6 Å². The van der Waals surface area contributed by atoms with E-state index in [1.807, 2.05) is 0 Å². The van der Waals surface area contributed by atoms with Gasteiger partial charge in [0.25, 0.3) is 5.69 Å². The Bertz CT molecular complexity index is 1100. The monoisotopic (exact) mass is 459 g/mol. The number of ether oxygens (including phenoxy) is 1. The van der Waals surface area contributed by atoms with Gasteiger partial charge in [0.2, 0.25) is 10.0 Å². The second-order valence-corrected chi connectivity index (χ2v) is 10.2. The molecule has 1 aliphatic heterocycles. The minimum Gasteiger partial charge on any atom is -0.429 e. The number of rotatable bonds is 5. The molecule has 0 spiro atoms. The largest absolute Gasteiger partial charge is 0.429 e. The van der Waals surface area contributed by atoms with Crippen LogP contribution in [0.4, 0.5) is 10.5 Å². The fourth-order valence-corrected chi connectivity index (χ4v) is 6.43. The Hall–Kier alpha value is -2.98. The van der Waals surface area contributed by atoms with Crippen LogP contribution in [0.3, 0.4) is 0 Å². The lowest BCUT2D eigenvalue weighted by atomic mass is 9.74. The summed E-state index contributed by atoms with van der Waals surface area (Å²) in [7, 11) is -3.91. The van der Waals surface area contributed by atoms with Gasteiger partial charge in [0.1, 0.15) is 0 Å². The van der Waals surface area contributed by atoms with Crippen molar-refractivity contribution >= 4 is 21.8 Å². The molecule has 1 amide bonds. The maximum absolute atomic E-state index is 13.4. The van der Waals surface area contributed by atoms with Crippen molar-refractivity contribution in [1.29, 1.82) is 0 Å². The summed E-state index contributed by atoms with van der Waals surface area (Å²) in [6.07, 6.45) is 2.72. The van der Waals surface area contributed by atoms with E-state index in [1.165, 1.54) is 28.6 Å². The van der Waals surface area contributed by atoms with E-state index < -0.39 is 27.3 Å². The van der Waals surface area contributed by atoms with Crippen LogP contribution >= 0.6 is 0 Å². The van der Waals surface area contributed by atoms with Gasteiger partial charge in [-0.3, -0.25) is 10.1 Å². The van der Waals surface area contributed by atoms with Gasteiger partial charge in [0.05, 0.1) is 9.82 Å². The summed E-state index contributed by atoms with van der Waals surface area (Å²) >= 11 is 0. The number of nitrogens with two attached hydrogens (primary N) is 1. The first kappa shape index (κ1) is 22.2. The molecule has 2 aromatic rings. The molecule has 10 heteroatoms. The molecule has 1 saturated heterocycles. The number of fused-ring (bicyclic) bond motifs is 1. The van der Waals surface area contributed by atoms with Crippen LogP contribution in [0, 0.1) is 22.0 Å². The number of non-ortho nitro benzene ring substituents is 1. The zero-order valence-electron chi connectivity index (χ0n) is 17.4. The lowest BCUT2D eigenvalue weighted by Crippen LogP contribution is -2.54. The number of carbonyl (C=O) groups excluding carboxylic acids is 1. The standard InChI is InChI=1S/C22H25N3O6S/c23-22(26)31-21-20-4-2-1-3-17(20)13-14-24(21)32(29,30)19-11-7-16(8-12-19)15-5-9-18(10-6-15)25(27)28/h5-12,17,20-21H,1-4,13-14H2,(H2,23,26). The predicted octanol–water partition coefficient (Wildman–Crippen LogP) is 3.88. The molecule has 1 aliphatic carbocycles. The maximum atomic E-state index is 13.4. The topological polar surface area (TPSA) is 133 Å². The van der Waals surface area contributed by atoms with E-state index in [0.29, 0.717) is 5.92 Å². The van der Waals surface area contributed by atoms with Crippen molar-refractivity contribution in [2.45, 2.75) is 43.2 Å². The van der Waals surface area contributed by atoms with Crippen molar-refractivity contribution in [3.8, 4) is 11.1 Å². The number of hydrogen-bond acceptors (Lipinski definition) is 6. The third-order valence-electron chi connectivity index (χ3n) is 6.45. The number of nitro groups is 1. The van der Waals surface area contributed by atoms with Crippen LogP contribution in [0.2, 0.25) is 0 Å². The van der Waals surface area contributed by atoms with Crippen LogP contribution in [0.5, 0.6) is 0 Å². The highest BCUT2D eigenvalue weighted by atomic mass is 32.2. The van der Waals surface area contributed by atoms with E-state index in [0.717, 1.165) is 43.2 Å². The first-order valence-corrected chi connectivity index (χ1v) is 12.0. The van der Waals surface area contributed by atoms with Crippen LogP contribution in [0.25, 0.3) is 11.1 Å². The smallest absolute Gasteiger partial charge is 0.406 e. The highest BCUT2D eigenvalue weighted by molar-refractivity contribution is 7.89. The molecule has 4 rings (SSSR count). The number of sulfonamides is 1. The number of nitro benzene ring substituents is 1. The third kappa shape index (κ3) is 4.33. The zero-order valence-corrected chi connectivity index (χ0v) is 18.2. The van der Waals surface area contributed by atoms with Crippen LogP contribution in [0.1, 0.15) is 32.1 Å². The Balaban J connectivity index is 1.60. The molecule has 0 aromatic heterocycles. The summed E-state index contributed by atoms with van der Waals surface area (Å²) in [5, 5.41) is 10.8. The minimum atomic E-state index is -3.91. The minimum absolute atomic E-state index is 0.0143. The number of hydrogen-bond donors (Lipinski definition) is 1. The van der Waals surface area contributed by atoms with Gasteiger partial charge < -0.3 is 10.5 Å². The molecular formula is C22H25N3O6S. The van der Waals surface area contributed by atoms with Crippen molar-refractivity contribution in [1.82, 2.24) is 4.31 Å². The SMILES string of the molecule is NC(=O)OC1C2CCCCC2CCN1S(=O)(=O)c1ccc(-c2ccc([N+](=O)[O-])cc2)cc1. The quantitative estimate of drug-likeness (QED) is 0.533. The Morgan fingerprint density at radius 2 is 1.59 bits per heavy atom. The normalized spacial score (nSPS) is 23.8. The molecule has 2 fully saturated rings. The molecule has 2 aromatic carbocycles. The molecule has 3 unspecified atom stereocenters. The summed E-state index contributed by atoms with van der Waals surface area (Å²) in [5.41, 5.74) is 6.73. The van der Waals surface area contributed by atoms with E-state index >= 15 is 0 Å². The van der Waals surface area contributed by atoms with E-state index in [4.69, 9.17) is 10.5 Å². The molecule has 1 saturated carbocycles.